The molecule has 0 spiro atoms. The van der Waals surface area contributed by atoms with E-state index in [1.54, 1.807) is 7.11 Å². The van der Waals surface area contributed by atoms with Gasteiger partial charge in [-0.3, -0.25) is 0 Å². The quantitative estimate of drug-likeness (QED) is 0.896. The number of hydrogen-bond acceptors (Lipinski definition) is 4. The average Bonchev–Trinajstić information content (AvgIpc) is 2.93. The molecule has 0 bridgehead atoms. The van der Waals surface area contributed by atoms with Crippen molar-refractivity contribution in [3.8, 4) is 0 Å². The monoisotopic (exact) mass is 261 g/mol. The number of aryl methyl sites for hydroxylation is 2. The molecule has 4 heteroatoms. The zero-order chi connectivity index (χ0) is 13.2. The van der Waals surface area contributed by atoms with Crippen LogP contribution in [0.1, 0.15) is 30.5 Å². The van der Waals surface area contributed by atoms with Gasteiger partial charge in [0.15, 0.2) is 0 Å². The number of piperidine rings is 1. The predicted octanol–water partition coefficient (Wildman–Crippen LogP) is 1.51. The highest BCUT2D eigenvalue weighted by molar-refractivity contribution is 5.44. The number of pyridine rings is 1. The molecule has 19 heavy (non-hydrogen) atoms. The van der Waals surface area contributed by atoms with Crippen LogP contribution in [0.2, 0.25) is 0 Å². The van der Waals surface area contributed by atoms with Crippen molar-refractivity contribution in [2.45, 2.75) is 44.2 Å². The average molecular weight is 261 g/mol. The van der Waals surface area contributed by atoms with Gasteiger partial charge in [0.05, 0.1) is 6.10 Å². The Morgan fingerprint density at radius 1 is 1.42 bits per heavy atom. The normalized spacial score (nSPS) is 26.5. The summed E-state index contributed by atoms with van der Waals surface area (Å²) in [6.07, 6.45) is 5.98. The van der Waals surface area contributed by atoms with Gasteiger partial charge in [-0.1, -0.05) is 6.07 Å². The van der Waals surface area contributed by atoms with Crippen molar-refractivity contribution in [3.63, 3.8) is 0 Å². The van der Waals surface area contributed by atoms with Crippen molar-refractivity contribution < 1.29 is 4.74 Å². The lowest BCUT2D eigenvalue weighted by Gasteiger charge is -2.39. The van der Waals surface area contributed by atoms with Gasteiger partial charge in [-0.05, 0) is 43.7 Å². The first-order valence-electron chi connectivity index (χ1n) is 7.30. The summed E-state index contributed by atoms with van der Waals surface area (Å²) >= 11 is 0. The van der Waals surface area contributed by atoms with Gasteiger partial charge in [0.25, 0.3) is 0 Å². The van der Waals surface area contributed by atoms with Gasteiger partial charge < -0.3 is 15.4 Å². The largest absolute Gasteiger partial charge is 0.381 e. The van der Waals surface area contributed by atoms with Crippen molar-refractivity contribution in [1.29, 1.82) is 0 Å². The number of hydrogen-bond donors (Lipinski definition) is 1. The number of anilines is 1. The number of rotatable bonds is 3. The number of nitrogens with zero attached hydrogens (tertiary/aromatic N) is 2. The highest BCUT2D eigenvalue weighted by atomic mass is 16.5. The summed E-state index contributed by atoms with van der Waals surface area (Å²) in [6, 6.07) is 4.77. The molecule has 0 saturated carbocycles. The molecule has 1 aromatic heterocycles. The Hall–Kier alpha value is -1.13. The Labute approximate surface area is 115 Å². The van der Waals surface area contributed by atoms with E-state index in [1.165, 1.54) is 24.1 Å². The molecular formula is C15H23N3O. The van der Waals surface area contributed by atoms with Crippen molar-refractivity contribution in [2.24, 2.45) is 5.73 Å². The zero-order valence-electron chi connectivity index (χ0n) is 11.6. The lowest BCUT2D eigenvalue weighted by atomic mass is 9.99. The summed E-state index contributed by atoms with van der Waals surface area (Å²) in [4.78, 5) is 7.22. The molecule has 1 aliphatic carbocycles. The standard InChI is InChI=1S/C15H23N3O/c1-19-13-7-8-18(12(9-13)10-16)15-6-5-11-3-2-4-14(11)17-15/h5-6,12-13H,2-4,7-10,16H2,1H3. The molecule has 2 N–H and O–H groups in total. The molecule has 1 aliphatic heterocycles. The van der Waals surface area contributed by atoms with Crippen LogP contribution in [0.25, 0.3) is 0 Å². The third-order valence-electron chi connectivity index (χ3n) is 4.48. The Balaban J connectivity index is 1.81. The minimum absolute atomic E-state index is 0.347. The van der Waals surface area contributed by atoms with E-state index < -0.39 is 0 Å². The van der Waals surface area contributed by atoms with Crippen LogP contribution in [-0.2, 0) is 17.6 Å². The third-order valence-corrected chi connectivity index (χ3v) is 4.48. The molecule has 1 fully saturated rings. The summed E-state index contributed by atoms with van der Waals surface area (Å²) in [6.45, 7) is 1.66. The first-order valence-corrected chi connectivity index (χ1v) is 7.30. The molecule has 1 aromatic rings. The second-order valence-electron chi connectivity index (χ2n) is 5.59. The van der Waals surface area contributed by atoms with Gasteiger partial charge in [-0.15, -0.1) is 0 Å². The Kier molecular flexibility index (Phi) is 3.71. The molecule has 2 heterocycles. The van der Waals surface area contributed by atoms with Gasteiger partial charge in [-0.2, -0.15) is 0 Å². The van der Waals surface area contributed by atoms with Crippen LogP contribution in [0, 0.1) is 0 Å². The summed E-state index contributed by atoms with van der Waals surface area (Å²) in [5.41, 5.74) is 8.66. The number of methoxy groups -OCH3 is 1. The molecule has 3 rings (SSSR count). The number of ether oxygens (including phenoxy) is 1. The van der Waals surface area contributed by atoms with Crippen LogP contribution in [0.3, 0.4) is 0 Å². The number of aromatic nitrogens is 1. The minimum Gasteiger partial charge on any atom is -0.381 e. The van der Waals surface area contributed by atoms with Crippen LogP contribution in [0.5, 0.6) is 0 Å². The highest BCUT2D eigenvalue weighted by Gasteiger charge is 2.29. The molecule has 2 aliphatic rings. The van der Waals surface area contributed by atoms with Crippen molar-refractivity contribution >= 4 is 5.82 Å². The smallest absolute Gasteiger partial charge is 0.129 e. The maximum absolute atomic E-state index is 5.94. The van der Waals surface area contributed by atoms with Crippen molar-refractivity contribution in [1.82, 2.24) is 4.98 Å². The van der Waals surface area contributed by atoms with E-state index in [2.05, 4.69) is 17.0 Å². The summed E-state index contributed by atoms with van der Waals surface area (Å²) in [5, 5.41) is 0. The van der Waals surface area contributed by atoms with Gasteiger partial charge in [0.1, 0.15) is 5.82 Å². The van der Waals surface area contributed by atoms with Crippen LogP contribution < -0.4 is 10.6 Å². The van der Waals surface area contributed by atoms with Gasteiger partial charge >= 0.3 is 0 Å². The van der Waals surface area contributed by atoms with Crippen molar-refractivity contribution in [2.75, 3.05) is 25.1 Å². The Morgan fingerprint density at radius 3 is 3.11 bits per heavy atom. The molecular weight excluding hydrogens is 238 g/mol. The summed E-state index contributed by atoms with van der Waals surface area (Å²) < 4.78 is 5.48. The van der Waals surface area contributed by atoms with Gasteiger partial charge in [-0.25, -0.2) is 4.98 Å². The maximum atomic E-state index is 5.94. The van der Waals surface area contributed by atoms with Crippen LogP contribution in [0.4, 0.5) is 5.82 Å². The first-order chi connectivity index (χ1) is 9.31. The van der Waals surface area contributed by atoms with E-state index in [0.29, 0.717) is 18.7 Å². The minimum atomic E-state index is 0.347. The number of fused-ring (bicyclic) bond motifs is 1. The maximum Gasteiger partial charge on any atom is 0.129 e. The first kappa shape index (κ1) is 12.9. The molecule has 1 saturated heterocycles. The highest BCUT2D eigenvalue weighted by Crippen LogP contribution is 2.28. The molecule has 0 radical (unpaired) electrons. The predicted molar refractivity (Wildman–Crippen MR) is 76.5 cm³/mol. The van der Waals surface area contributed by atoms with E-state index in [1.807, 2.05) is 0 Å². The molecule has 4 nitrogen and oxygen atoms in total. The van der Waals surface area contributed by atoms with Gasteiger partial charge in [0, 0.05) is 31.9 Å². The molecule has 104 valence electrons. The van der Waals surface area contributed by atoms with Crippen molar-refractivity contribution in [3.05, 3.63) is 23.4 Å². The third kappa shape index (κ3) is 2.47. The zero-order valence-corrected chi connectivity index (χ0v) is 11.6. The van der Waals surface area contributed by atoms with E-state index in [4.69, 9.17) is 15.5 Å². The lowest BCUT2D eigenvalue weighted by Crippen LogP contribution is -2.49. The van der Waals surface area contributed by atoms with E-state index in [9.17, 15) is 0 Å². The topological polar surface area (TPSA) is 51.4 Å². The van der Waals surface area contributed by atoms with Gasteiger partial charge in [0.2, 0.25) is 0 Å². The van der Waals surface area contributed by atoms with Crippen LogP contribution in [0.15, 0.2) is 12.1 Å². The van der Waals surface area contributed by atoms with E-state index >= 15 is 0 Å². The molecule has 0 amide bonds. The Bertz CT molecular complexity index is 449. The SMILES string of the molecule is COC1CCN(c2ccc3c(n2)CCC3)C(CN)C1. The fourth-order valence-electron chi connectivity index (χ4n) is 3.32. The fraction of sp³-hybridized carbons (Fsp3) is 0.667. The summed E-state index contributed by atoms with van der Waals surface area (Å²) in [7, 11) is 1.79. The second kappa shape index (κ2) is 5.47. The Morgan fingerprint density at radius 2 is 2.32 bits per heavy atom. The molecule has 2 unspecified atom stereocenters. The van der Waals surface area contributed by atoms with E-state index in [-0.39, 0.29) is 0 Å². The fourth-order valence-corrected chi connectivity index (χ4v) is 3.32. The summed E-state index contributed by atoms with van der Waals surface area (Å²) in [5.74, 6) is 1.10. The molecule has 0 aromatic carbocycles. The van der Waals surface area contributed by atoms with Crippen LogP contribution in [-0.4, -0.2) is 37.3 Å². The van der Waals surface area contributed by atoms with Crippen LogP contribution >= 0.6 is 0 Å². The second-order valence-corrected chi connectivity index (χ2v) is 5.59. The van der Waals surface area contributed by atoms with E-state index in [0.717, 1.165) is 31.6 Å². The molecule has 2 atom stereocenters. The number of nitrogens with two attached hydrogens (primary N) is 1. The lowest BCUT2D eigenvalue weighted by molar-refractivity contribution is 0.0708.